The van der Waals surface area contributed by atoms with Gasteiger partial charge in [0.25, 0.3) is 5.91 Å². The van der Waals surface area contributed by atoms with Crippen LogP contribution in [0.3, 0.4) is 0 Å². The van der Waals surface area contributed by atoms with Crippen LogP contribution in [0.2, 0.25) is 0 Å². The number of hydrogen-bond donors (Lipinski definition) is 2. The standard InChI is InChI=1S/C17H20N4O/c1-11(2)20-17-18-9-13(10-19-17)16(22)21-15-8-14(15)12-6-4-3-5-7-12/h3-7,9-11,14-15H,8H2,1-2H3,(H,21,22)(H,18,19,20)/t14-,15+/m0/s1. The Bertz CT molecular complexity index is 639. The SMILES string of the molecule is CC(C)Nc1ncc(C(=O)N[C@@H]2C[C@H]2c2ccccc2)cn1. The Balaban J connectivity index is 1.57. The Morgan fingerprint density at radius 3 is 2.50 bits per heavy atom. The van der Waals surface area contributed by atoms with E-state index in [1.165, 1.54) is 5.56 Å². The van der Waals surface area contributed by atoms with Gasteiger partial charge in [-0.3, -0.25) is 4.79 Å². The Morgan fingerprint density at radius 2 is 1.86 bits per heavy atom. The number of anilines is 1. The van der Waals surface area contributed by atoms with Gasteiger partial charge in [0, 0.05) is 30.4 Å². The Hall–Kier alpha value is -2.43. The molecule has 22 heavy (non-hydrogen) atoms. The van der Waals surface area contributed by atoms with Crippen molar-refractivity contribution in [2.45, 2.75) is 38.3 Å². The lowest BCUT2D eigenvalue weighted by Gasteiger charge is -2.08. The Morgan fingerprint density at radius 1 is 1.18 bits per heavy atom. The number of rotatable bonds is 5. The summed E-state index contributed by atoms with van der Waals surface area (Å²) in [5.41, 5.74) is 1.77. The number of carbonyl (C=O) groups is 1. The second kappa shape index (κ2) is 6.13. The second-order valence-electron chi connectivity index (χ2n) is 5.93. The van der Waals surface area contributed by atoms with Crippen LogP contribution >= 0.6 is 0 Å². The second-order valence-corrected chi connectivity index (χ2v) is 5.93. The minimum Gasteiger partial charge on any atom is -0.352 e. The summed E-state index contributed by atoms with van der Waals surface area (Å²) >= 11 is 0. The van der Waals surface area contributed by atoms with E-state index in [0.717, 1.165) is 6.42 Å². The molecular formula is C17H20N4O. The molecule has 0 bridgehead atoms. The van der Waals surface area contributed by atoms with Crippen molar-refractivity contribution in [3.05, 3.63) is 53.9 Å². The fourth-order valence-corrected chi connectivity index (χ4v) is 2.45. The summed E-state index contributed by atoms with van der Waals surface area (Å²) in [7, 11) is 0. The van der Waals surface area contributed by atoms with Gasteiger partial charge in [-0.2, -0.15) is 0 Å². The Labute approximate surface area is 130 Å². The maximum Gasteiger partial charge on any atom is 0.254 e. The summed E-state index contributed by atoms with van der Waals surface area (Å²) in [4.78, 5) is 20.5. The first-order chi connectivity index (χ1) is 10.6. The molecule has 5 nitrogen and oxygen atoms in total. The van der Waals surface area contributed by atoms with Gasteiger partial charge in [0.15, 0.2) is 0 Å². The average molecular weight is 296 g/mol. The lowest BCUT2D eigenvalue weighted by Crippen LogP contribution is -2.27. The first kappa shape index (κ1) is 14.5. The van der Waals surface area contributed by atoms with Crippen molar-refractivity contribution in [3.8, 4) is 0 Å². The molecule has 0 unspecified atom stereocenters. The monoisotopic (exact) mass is 296 g/mol. The molecule has 1 aromatic carbocycles. The molecule has 1 aliphatic rings. The molecular weight excluding hydrogens is 276 g/mol. The molecule has 0 spiro atoms. The van der Waals surface area contributed by atoms with Crippen LogP contribution in [0.5, 0.6) is 0 Å². The summed E-state index contributed by atoms with van der Waals surface area (Å²) in [6, 6.07) is 10.7. The van der Waals surface area contributed by atoms with E-state index < -0.39 is 0 Å². The van der Waals surface area contributed by atoms with Gasteiger partial charge in [-0.25, -0.2) is 9.97 Å². The number of nitrogens with zero attached hydrogens (tertiary/aromatic N) is 2. The van der Waals surface area contributed by atoms with Crippen LogP contribution in [0.1, 0.15) is 42.1 Å². The van der Waals surface area contributed by atoms with E-state index in [2.05, 4.69) is 32.7 Å². The van der Waals surface area contributed by atoms with Crippen LogP contribution in [0, 0.1) is 0 Å². The lowest BCUT2D eigenvalue weighted by atomic mass is 10.1. The van der Waals surface area contributed by atoms with Crippen molar-refractivity contribution >= 4 is 11.9 Å². The van der Waals surface area contributed by atoms with Gasteiger partial charge in [-0.1, -0.05) is 30.3 Å². The highest BCUT2D eigenvalue weighted by Crippen LogP contribution is 2.40. The van der Waals surface area contributed by atoms with Gasteiger partial charge >= 0.3 is 0 Å². The van der Waals surface area contributed by atoms with Crippen molar-refractivity contribution in [2.24, 2.45) is 0 Å². The van der Waals surface area contributed by atoms with Crippen LogP contribution < -0.4 is 10.6 Å². The summed E-state index contributed by atoms with van der Waals surface area (Å²) in [5, 5.41) is 6.14. The summed E-state index contributed by atoms with van der Waals surface area (Å²) in [5.74, 6) is 0.854. The molecule has 3 rings (SSSR count). The molecule has 1 saturated carbocycles. The molecule has 0 saturated heterocycles. The van der Waals surface area contributed by atoms with E-state index in [1.54, 1.807) is 12.4 Å². The van der Waals surface area contributed by atoms with Crippen LogP contribution in [-0.2, 0) is 0 Å². The number of hydrogen-bond acceptors (Lipinski definition) is 4. The third kappa shape index (κ3) is 3.42. The van der Waals surface area contributed by atoms with Crippen LogP contribution in [-0.4, -0.2) is 28.0 Å². The zero-order chi connectivity index (χ0) is 15.5. The largest absolute Gasteiger partial charge is 0.352 e. The molecule has 1 heterocycles. The normalized spacial score (nSPS) is 19.8. The molecule has 1 aromatic heterocycles. The first-order valence-electron chi connectivity index (χ1n) is 7.58. The fourth-order valence-electron chi connectivity index (χ4n) is 2.45. The third-order valence-electron chi connectivity index (χ3n) is 3.67. The van der Waals surface area contributed by atoms with Crippen molar-refractivity contribution in [1.82, 2.24) is 15.3 Å². The number of amides is 1. The van der Waals surface area contributed by atoms with Crippen LogP contribution in [0.4, 0.5) is 5.95 Å². The highest BCUT2D eigenvalue weighted by molar-refractivity contribution is 5.94. The van der Waals surface area contributed by atoms with E-state index in [-0.39, 0.29) is 18.0 Å². The van der Waals surface area contributed by atoms with Gasteiger partial charge in [0.05, 0.1) is 5.56 Å². The van der Waals surface area contributed by atoms with E-state index in [9.17, 15) is 4.79 Å². The smallest absolute Gasteiger partial charge is 0.254 e. The van der Waals surface area contributed by atoms with Crippen LogP contribution in [0.25, 0.3) is 0 Å². The molecule has 5 heteroatoms. The molecule has 1 aliphatic carbocycles. The zero-order valence-corrected chi connectivity index (χ0v) is 12.8. The zero-order valence-electron chi connectivity index (χ0n) is 12.8. The maximum atomic E-state index is 12.2. The van der Waals surface area contributed by atoms with Crippen molar-refractivity contribution in [2.75, 3.05) is 5.32 Å². The maximum absolute atomic E-state index is 12.2. The first-order valence-corrected chi connectivity index (χ1v) is 7.58. The molecule has 2 aromatic rings. The van der Waals surface area contributed by atoms with Crippen molar-refractivity contribution < 1.29 is 4.79 Å². The van der Waals surface area contributed by atoms with Gasteiger partial charge in [0.2, 0.25) is 5.95 Å². The Kier molecular flexibility index (Phi) is 4.04. The van der Waals surface area contributed by atoms with Crippen molar-refractivity contribution in [1.29, 1.82) is 0 Å². The fraction of sp³-hybridized carbons (Fsp3) is 0.353. The number of aromatic nitrogens is 2. The molecule has 1 amide bonds. The molecule has 0 aliphatic heterocycles. The van der Waals surface area contributed by atoms with Crippen molar-refractivity contribution in [3.63, 3.8) is 0 Å². The summed E-state index contributed by atoms with van der Waals surface area (Å²) in [6.45, 7) is 4.03. The lowest BCUT2D eigenvalue weighted by molar-refractivity contribution is 0.0949. The van der Waals surface area contributed by atoms with E-state index in [1.807, 2.05) is 32.0 Å². The molecule has 1 fully saturated rings. The van der Waals surface area contributed by atoms with Gasteiger partial charge in [0.1, 0.15) is 0 Å². The quantitative estimate of drug-likeness (QED) is 0.890. The third-order valence-corrected chi connectivity index (χ3v) is 3.67. The topological polar surface area (TPSA) is 66.9 Å². The van der Waals surface area contributed by atoms with E-state index in [0.29, 0.717) is 17.4 Å². The predicted octanol–water partition coefficient (Wildman–Crippen LogP) is 2.58. The van der Waals surface area contributed by atoms with Gasteiger partial charge < -0.3 is 10.6 Å². The molecule has 114 valence electrons. The van der Waals surface area contributed by atoms with Gasteiger partial charge in [-0.05, 0) is 25.8 Å². The van der Waals surface area contributed by atoms with E-state index in [4.69, 9.17) is 0 Å². The number of carbonyl (C=O) groups excluding carboxylic acids is 1. The average Bonchev–Trinajstić information content (AvgIpc) is 3.27. The van der Waals surface area contributed by atoms with Crippen LogP contribution in [0.15, 0.2) is 42.7 Å². The summed E-state index contributed by atoms with van der Waals surface area (Å²) in [6.07, 6.45) is 4.11. The predicted molar refractivity (Wildman–Crippen MR) is 85.8 cm³/mol. The minimum atomic E-state index is -0.112. The molecule has 2 atom stereocenters. The highest BCUT2D eigenvalue weighted by atomic mass is 16.1. The van der Waals surface area contributed by atoms with Gasteiger partial charge in [-0.15, -0.1) is 0 Å². The molecule has 2 N–H and O–H groups in total. The number of nitrogens with one attached hydrogen (secondary N) is 2. The van der Waals surface area contributed by atoms with E-state index >= 15 is 0 Å². The number of benzene rings is 1. The molecule has 0 radical (unpaired) electrons. The summed E-state index contributed by atoms with van der Waals surface area (Å²) < 4.78 is 0. The minimum absolute atomic E-state index is 0.112. The highest BCUT2D eigenvalue weighted by Gasteiger charge is 2.39.